The van der Waals surface area contributed by atoms with Gasteiger partial charge in [-0.15, -0.1) is 24.0 Å². The van der Waals surface area contributed by atoms with Gasteiger partial charge < -0.3 is 15.5 Å². The van der Waals surface area contributed by atoms with Gasteiger partial charge in [0, 0.05) is 31.9 Å². The lowest BCUT2D eigenvalue weighted by Crippen LogP contribution is -2.42. The Morgan fingerprint density at radius 2 is 1.92 bits per heavy atom. The first-order valence-corrected chi connectivity index (χ1v) is 10.6. The fraction of sp³-hybridized carbons (Fsp3) is 0.611. The standard InChI is InChI=1S/C18H32N4O2S.HI/c1-7-19-18(20-10-11-22(5)14(2)3)21-13-16-8-9-17(15(4)12-16)25(6,23)24;/h8-9,12,14H,7,10-11,13H2,1-6H3,(H2,19,20,21);1H. The fourth-order valence-corrected chi connectivity index (χ4v) is 3.31. The van der Waals surface area contributed by atoms with Crippen LogP contribution in [0.3, 0.4) is 0 Å². The van der Waals surface area contributed by atoms with Crippen molar-refractivity contribution in [3.63, 3.8) is 0 Å². The van der Waals surface area contributed by atoms with E-state index in [1.54, 1.807) is 6.07 Å². The summed E-state index contributed by atoms with van der Waals surface area (Å²) in [5.41, 5.74) is 1.74. The van der Waals surface area contributed by atoms with Crippen LogP contribution in [-0.2, 0) is 16.4 Å². The Kier molecular flexibility index (Phi) is 11.4. The Bertz CT molecular complexity index is 690. The van der Waals surface area contributed by atoms with E-state index < -0.39 is 9.84 Å². The number of nitrogens with zero attached hydrogens (tertiary/aromatic N) is 2. The summed E-state index contributed by atoms with van der Waals surface area (Å²) in [6.07, 6.45) is 1.23. The molecule has 150 valence electrons. The molecule has 0 saturated heterocycles. The van der Waals surface area contributed by atoms with Crippen molar-refractivity contribution in [3.8, 4) is 0 Å². The molecular formula is C18H33IN4O2S. The van der Waals surface area contributed by atoms with Crippen molar-refractivity contribution in [3.05, 3.63) is 29.3 Å². The van der Waals surface area contributed by atoms with E-state index >= 15 is 0 Å². The average Bonchev–Trinajstić information content (AvgIpc) is 2.51. The zero-order chi connectivity index (χ0) is 19.0. The molecule has 0 fully saturated rings. The van der Waals surface area contributed by atoms with Crippen molar-refractivity contribution < 1.29 is 8.42 Å². The summed E-state index contributed by atoms with van der Waals surface area (Å²) in [6.45, 7) is 11.2. The Labute approximate surface area is 175 Å². The number of benzene rings is 1. The van der Waals surface area contributed by atoms with Gasteiger partial charge in [-0.1, -0.05) is 12.1 Å². The van der Waals surface area contributed by atoms with Crippen molar-refractivity contribution >= 4 is 39.8 Å². The van der Waals surface area contributed by atoms with Crippen LogP contribution in [0.1, 0.15) is 31.9 Å². The minimum absolute atomic E-state index is 0. The van der Waals surface area contributed by atoms with Crippen molar-refractivity contribution in [2.45, 2.75) is 45.2 Å². The number of likely N-dealkylation sites (N-methyl/N-ethyl adjacent to an activating group) is 1. The van der Waals surface area contributed by atoms with Gasteiger partial charge in [0.1, 0.15) is 0 Å². The molecule has 0 aliphatic rings. The first kappa shape index (κ1) is 25.1. The van der Waals surface area contributed by atoms with E-state index in [1.165, 1.54) is 6.26 Å². The second-order valence-electron chi connectivity index (χ2n) is 6.57. The molecule has 0 spiro atoms. The Morgan fingerprint density at radius 3 is 2.42 bits per heavy atom. The van der Waals surface area contributed by atoms with E-state index in [1.807, 2.05) is 26.0 Å². The third kappa shape index (κ3) is 8.68. The van der Waals surface area contributed by atoms with Crippen LogP contribution in [0.15, 0.2) is 28.1 Å². The lowest BCUT2D eigenvalue weighted by Gasteiger charge is -2.21. The van der Waals surface area contributed by atoms with E-state index in [9.17, 15) is 8.42 Å². The average molecular weight is 496 g/mol. The molecular weight excluding hydrogens is 463 g/mol. The largest absolute Gasteiger partial charge is 0.357 e. The minimum Gasteiger partial charge on any atom is -0.357 e. The van der Waals surface area contributed by atoms with Crippen molar-refractivity contribution in [2.75, 3.05) is 32.9 Å². The number of hydrogen-bond acceptors (Lipinski definition) is 4. The second-order valence-corrected chi connectivity index (χ2v) is 8.55. The Balaban J connectivity index is 0.00000625. The van der Waals surface area contributed by atoms with Gasteiger partial charge in [-0.2, -0.15) is 0 Å². The van der Waals surface area contributed by atoms with Crippen LogP contribution in [-0.4, -0.2) is 58.3 Å². The van der Waals surface area contributed by atoms with Crippen LogP contribution < -0.4 is 10.6 Å². The van der Waals surface area contributed by atoms with Gasteiger partial charge in [0.25, 0.3) is 0 Å². The molecule has 1 aromatic carbocycles. The highest BCUT2D eigenvalue weighted by atomic mass is 127. The molecule has 6 nitrogen and oxygen atoms in total. The van der Waals surface area contributed by atoms with Gasteiger partial charge >= 0.3 is 0 Å². The molecule has 1 aromatic rings. The number of sulfone groups is 1. The number of halogens is 1. The summed E-state index contributed by atoms with van der Waals surface area (Å²) in [5.74, 6) is 0.768. The number of aryl methyl sites for hydroxylation is 1. The molecule has 26 heavy (non-hydrogen) atoms. The fourth-order valence-electron chi connectivity index (χ4n) is 2.35. The SMILES string of the molecule is CCNC(=NCc1ccc(S(C)(=O)=O)c(C)c1)NCCN(C)C(C)C.I. The number of nitrogens with one attached hydrogen (secondary N) is 2. The van der Waals surface area contributed by atoms with Crippen molar-refractivity contribution in [2.24, 2.45) is 4.99 Å². The number of aliphatic imine (C=N–C) groups is 1. The summed E-state index contributed by atoms with van der Waals surface area (Å²) in [4.78, 5) is 7.23. The Morgan fingerprint density at radius 1 is 1.27 bits per heavy atom. The molecule has 8 heteroatoms. The zero-order valence-electron chi connectivity index (χ0n) is 16.7. The van der Waals surface area contributed by atoms with Crippen molar-refractivity contribution in [1.82, 2.24) is 15.5 Å². The summed E-state index contributed by atoms with van der Waals surface area (Å²) in [5, 5.41) is 6.56. The molecule has 0 bridgehead atoms. The van der Waals surface area contributed by atoms with E-state index in [4.69, 9.17) is 0 Å². The number of guanidine groups is 1. The maximum absolute atomic E-state index is 11.7. The smallest absolute Gasteiger partial charge is 0.191 e. The highest BCUT2D eigenvalue weighted by Crippen LogP contribution is 2.17. The maximum Gasteiger partial charge on any atom is 0.191 e. The third-order valence-corrected chi connectivity index (χ3v) is 5.30. The van der Waals surface area contributed by atoms with Crippen LogP contribution in [0.25, 0.3) is 0 Å². The molecule has 1 rings (SSSR count). The molecule has 2 N–H and O–H groups in total. The van der Waals surface area contributed by atoms with Gasteiger partial charge in [0.05, 0.1) is 11.4 Å². The van der Waals surface area contributed by atoms with E-state index in [0.717, 1.165) is 36.7 Å². The van der Waals surface area contributed by atoms with Gasteiger partial charge in [-0.3, -0.25) is 0 Å². The number of hydrogen-bond donors (Lipinski definition) is 2. The van der Waals surface area contributed by atoms with Gasteiger partial charge in [0.15, 0.2) is 15.8 Å². The molecule has 0 aromatic heterocycles. The summed E-state index contributed by atoms with van der Waals surface area (Å²) in [6, 6.07) is 5.88. The molecule has 0 aliphatic heterocycles. The monoisotopic (exact) mass is 496 g/mol. The molecule has 0 saturated carbocycles. The van der Waals surface area contributed by atoms with E-state index in [0.29, 0.717) is 17.5 Å². The molecule has 0 aliphatic carbocycles. The first-order valence-electron chi connectivity index (χ1n) is 8.67. The first-order chi connectivity index (χ1) is 11.6. The minimum atomic E-state index is -3.18. The molecule has 0 unspecified atom stereocenters. The quantitative estimate of drug-likeness (QED) is 0.329. The summed E-state index contributed by atoms with van der Waals surface area (Å²) in [7, 11) is -1.08. The molecule has 0 heterocycles. The summed E-state index contributed by atoms with van der Waals surface area (Å²) >= 11 is 0. The topological polar surface area (TPSA) is 73.8 Å². The molecule has 0 atom stereocenters. The van der Waals surface area contributed by atoms with Crippen LogP contribution in [0, 0.1) is 6.92 Å². The van der Waals surface area contributed by atoms with Crippen LogP contribution in [0.4, 0.5) is 0 Å². The lowest BCUT2D eigenvalue weighted by atomic mass is 10.1. The zero-order valence-corrected chi connectivity index (χ0v) is 19.8. The highest BCUT2D eigenvalue weighted by molar-refractivity contribution is 14.0. The summed E-state index contributed by atoms with van der Waals surface area (Å²) < 4.78 is 23.4. The second kappa shape index (κ2) is 11.8. The van der Waals surface area contributed by atoms with Crippen LogP contribution in [0.2, 0.25) is 0 Å². The van der Waals surface area contributed by atoms with Gasteiger partial charge in [-0.25, -0.2) is 13.4 Å². The predicted octanol–water partition coefficient (Wildman–Crippen LogP) is 2.41. The van der Waals surface area contributed by atoms with E-state index in [-0.39, 0.29) is 24.0 Å². The highest BCUT2D eigenvalue weighted by Gasteiger charge is 2.10. The van der Waals surface area contributed by atoms with E-state index in [2.05, 4.69) is 41.4 Å². The normalized spacial score (nSPS) is 12.2. The third-order valence-electron chi connectivity index (χ3n) is 4.04. The molecule has 0 radical (unpaired) electrons. The predicted molar refractivity (Wildman–Crippen MR) is 120 cm³/mol. The van der Waals surface area contributed by atoms with Crippen LogP contribution in [0.5, 0.6) is 0 Å². The number of rotatable bonds is 8. The Hall–Kier alpha value is -0.870. The van der Waals surface area contributed by atoms with Gasteiger partial charge in [0.2, 0.25) is 0 Å². The van der Waals surface area contributed by atoms with Gasteiger partial charge in [-0.05, 0) is 51.9 Å². The van der Waals surface area contributed by atoms with Crippen LogP contribution >= 0.6 is 24.0 Å². The lowest BCUT2D eigenvalue weighted by molar-refractivity contribution is 0.278. The molecule has 0 amide bonds. The van der Waals surface area contributed by atoms with Crippen molar-refractivity contribution in [1.29, 1.82) is 0 Å². The maximum atomic E-state index is 11.7.